The Kier molecular flexibility index (Phi) is 4.32. The van der Waals surface area contributed by atoms with Gasteiger partial charge in [0.15, 0.2) is 0 Å². The number of nitrogens with zero attached hydrogens (tertiary/aromatic N) is 2. The van der Waals surface area contributed by atoms with Gasteiger partial charge in [-0.2, -0.15) is 0 Å². The third kappa shape index (κ3) is 3.08. The Labute approximate surface area is 131 Å². The Morgan fingerprint density at radius 1 is 1.05 bits per heavy atom. The smallest absolute Gasteiger partial charge is 0.336 e. The van der Waals surface area contributed by atoms with Gasteiger partial charge in [-0.3, -0.25) is 4.90 Å². The van der Waals surface area contributed by atoms with Crippen LogP contribution in [-0.2, 0) is 6.54 Å². The number of piperazine rings is 1. The van der Waals surface area contributed by atoms with Crippen molar-refractivity contribution in [2.75, 3.05) is 32.7 Å². The van der Waals surface area contributed by atoms with E-state index >= 15 is 0 Å². The van der Waals surface area contributed by atoms with Crippen LogP contribution in [0.3, 0.4) is 0 Å². The quantitative estimate of drug-likeness (QED) is 0.816. The van der Waals surface area contributed by atoms with E-state index in [-0.39, 0.29) is 5.63 Å². The number of fused-ring (bicyclic) bond motifs is 1. The molecule has 0 amide bonds. The van der Waals surface area contributed by atoms with Crippen LogP contribution in [0.5, 0.6) is 0 Å². The molecule has 0 saturated carbocycles. The van der Waals surface area contributed by atoms with Crippen molar-refractivity contribution in [2.24, 2.45) is 0 Å². The van der Waals surface area contributed by atoms with Crippen molar-refractivity contribution in [3.8, 4) is 0 Å². The number of aryl methyl sites for hydroxylation is 2. The molecule has 118 valence electrons. The van der Waals surface area contributed by atoms with Crippen molar-refractivity contribution in [3.63, 3.8) is 0 Å². The Balaban J connectivity index is 1.92. The molecule has 0 radical (unpaired) electrons. The van der Waals surface area contributed by atoms with Crippen molar-refractivity contribution in [1.29, 1.82) is 0 Å². The van der Waals surface area contributed by atoms with Gasteiger partial charge in [-0.1, -0.05) is 13.0 Å². The van der Waals surface area contributed by atoms with Crippen molar-refractivity contribution in [1.82, 2.24) is 9.80 Å². The Morgan fingerprint density at radius 3 is 2.41 bits per heavy atom. The van der Waals surface area contributed by atoms with Gasteiger partial charge in [-0.25, -0.2) is 4.79 Å². The first-order chi connectivity index (χ1) is 10.6. The van der Waals surface area contributed by atoms with E-state index in [0.29, 0.717) is 0 Å². The van der Waals surface area contributed by atoms with Gasteiger partial charge < -0.3 is 9.32 Å². The van der Waals surface area contributed by atoms with Crippen LogP contribution in [0, 0.1) is 13.8 Å². The van der Waals surface area contributed by atoms with E-state index in [1.807, 2.05) is 6.92 Å². The fraction of sp³-hybridized carbons (Fsp3) is 0.500. The molecule has 0 atom stereocenters. The number of rotatable bonds is 3. The zero-order valence-electron chi connectivity index (χ0n) is 13.7. The number of hydrogen-bond acceptors (Lipinski definition) is 4. The molecule has 1 aliphatic heterocycles. The summed E-state index contributed by atoms with van der Waals surface area (Å²) in [6.45, 7) is 12.6. The Hall–Kier alpha value is -1.65. The predicted octanol–water partition coefficient (Wildman–Crippen LogP) is 2.55. The van der Waals surface area contributed by atoms with E-state index in [0.717, 1.165) is 61.4 Å². The highest BCUT2D eigenvalue weighted by Crippen LogP contribution is 2.23. The summed E-state index contributed by atoms with van der Waals surface area (Å²) in [7, 11) is 0. The molecule has 1 fully saturated rings. The molecular formula is C18H24N2O2. The zero-order chi connectivity index (χ0) is 15.7. The lowest BCUT2D eigenvalue weighted by Crippen LogP contribution is -2.45. The first kappa shape index (κ1) is 15.3. The molecule has 4 heteroatoms. The Bertz CT molecular complexity index is 728. The summed E-state index contributed by atoms with van der Waals surface area (Å²) >= 11 is 0. The molecular weight excluding hydrogens is 276 g/mol. The highest BCUT2D eigenvalue weighted by Gasteiger charge is 2.17. The second-order valence-corrected chi connectivity index (χ2v) is 6.26. The average molecular weight is 300 g/mol. The first-order valence-electron chi connectivity index (χ1n) is 8.05. The highest BCUT2D eigenvalue weighted by atomic mass is 16.4. The lowest BCUT2D eigenvalue weighted by molar-refractivity contribution is 0.132. The van der Waals surface area contributed by atoms with E-state index in [2.05, 4.69) is 35.8 Å². The molecule has 1 aromatic carbocycles. The SMILES string of the molecule is CCN1CCN(Cc2cc(=O)oc3c(C)cc(C)cc23)CC1. The molecule has 4 nitrogen and oxygen atoms in total. The van der Waals surface area contributed by atoms with Crippen molar-refractivity contribution in [2.45, 2.75) is 27.3 Å². The largest absolute Gasteiger partial charge is 0.422 e. The minimum absolute atomic E-state index is 0.248. The van der Waals surface area contributed by atoms with Gasteiger partial charge in [0.1, 0.15) is 5.58 Å². The van der Waals surface area contributed by atoms with Crippen LogP contribution >= 0.6 is 0 Å². The summed E-state index contributed by atoms with van der Waals surface area (Å²) in [5.41, 5.74) is 3.81. The lowest BCUT2D eigenvalue weighted by atomic mass is 10.0. The highest BCUT2D eigenvalue weighted by molar-refractivity contribution is 5.83. The molecule has 1 aromatic heterocycles. The van der Waals surface area contributed by atoms with Crippen molar-refractivity contribution < 1.29 is 4.42 Å². The normalized spacial score (nSPS) is 17.2. The molecule has 1 aliphatic rings. The molecule has 1 saturated heterocycles. The number of likely N-dealkylation sites (N-methyl/N-ethyl adjacent to an activating group) is 1. The van der Waals surface area contributed by atoms with Gasteiger partial charge >= 0.3 is 5.63 Å². The summed E-state index contributed by atoms with van der Waals surface area (Å²) in [5, 5.41) is 1.08. The van der Waals surface area contributed by atoms with Crippen LogP contribution in [-0.4, -0.2) is 42.5 Å². The topological polar surface area (TPSA) is 36.7 Å². The fourth-order valence-electron chi connectivity index (χ4n) is 3.31. The summed E-state index contributed by atoms with van der Waals surface area (Å²) in [5.74, 6) is 0. The van der Waals surface area contributed by atoms with Crippen LogP contribution in [0.15, 0.2) is 27.4 Å². The standard InChI is InChI=1S/C18H24N2O2/c1-4-19-5-7-20(8-6-19)12-15-11-17(21)22-18-14(3)9-13(2)10-16(15)18/h9-11H,4-8,12H2,1-3H3. The van der Waals surface area contributed by atoms with Crippen LogP contribution in [0.4, 0.5) is 0 Å². The molecule has 0 unspecified atom stereocenters. The third-order valence-corrected chi connectivity index (χ3v) is 4.57. The van der Waals surface area contributed by atoms with Gasteiger partial charge in [0.25, 0.3) is 0 Å². The molecule has 2 heterocycles. The molecule has 0 N–H and O–H groups in total. The summed E-state index contributed by atoms with van der Waals surface area (Å²) in [6.07, 6.45) is 0. The van der Waals surface area contributed by atoms with E-state index < -0.39 is 0 Å². The maximum Gasteiger partial charge on any atom is 0.336 e. The average Bonchev–Trinajstić information content (AvgIpc) is 2.49. The van der Waals surface area contributed by atoms with Crippen LogP contribution in [0.25, 0.3) is 11.0 Å². The van der Waals surface area contributed by atoms with Crippen LogP contribution in [0.1, 0.15) is 23.6 Å². The molecule has 2 aromatic rings. The van der Waals surface area contributed by atoms with Gasteiger partial charge in [0.2, 0.25) is 0 Å². The van der Waals surface area contributed by atoms with Gasteiger partial charge in [-0.15, -0.1) is 0 Å². The molecule has 0 spiro atoms. The maximum atomic E-state index is 11.9. The predicted molar refractivity (Wildman–Crippen MR) is 89.3 cm³/mol. The monoisotopic (exact) mass is 300 g/mol. The number of hydrogen-bond donors (Lipinski definition) is 0. The second kappa shape index (κ2) is 6.23. The third-order valence-electron chi connectivity index (χ3n) is 4.57. The van der Waals surface area contributed by atoms with Gasteiger partial charge in [-0.05, 0) is 43.1 Å². The zero-order valence-corrected chi connectivity index (χ0v) is 13.7. The van der Waals surface area contributed by atoms with Crippen molar-refractivity contribution >= 4 is 11.0 Å². The van der Waals surface area contributed by atoms with E-state index in [9.17, 15) is 4.79 Å². The Morgan fingerprint density at radius 2 is 1.73 bits per heavy atom. The van der Waals surface area contributed by atoms with E-state index in [1.54, 1.807) is 6.07 Å². The molecule has 22 heavy (non-hydrogen) atoms. The van der Waals surface area contributed by atoms with Crippen molar-refractivity contribution in [3.05, 3.63) is 45.3 Å². The molecule has 3 rings (SSSR count). The first-order valence-corrected chi connectivity index (χ1v) is 8.05. The van der Waals surface area contributed by atoms with Crippen LogP contribution < -0.4 is 5.63 Å². The minimum atomic E-state index is -0.248. The number of benzene rings is 1. The summed E-state index contributed by atoms with van der Waals surface area (Å²) < 4.78 is 5.43. The van der Waals surface area contributed by atoms with Gasteiger partial charge in [0.05, 0.1) is 0 Å². The summed E-state index contributed by atoms with van der Waals surface area (Å²) in [6, 6.07) is 5.85. The summed E-state index contributed by atoms with van der Waals surface area (Å²) in [4.78, 5) is 16.8. The van der Waals surface area contributed by atoms with Crippen LogP contribution in [0.2, 0.25) is 0 Å². The second-order valence-electron chi connectivity index (χ2n) is 6.26. The fourth-order valence-corrected chi connectivity index (χ4v) is 3.31. The lowest BCUT2D eigenvalue weighted by Gasteiger charge is -2.34. The molecule has 0 bridgehead atoms. The molecule has 0 aliphatic carbocycles. The minimum Gasteiger partial charge on any atom is -0.422 e. The van der Waals surface area contributed by atoms with E-state index in [1.165, 1.54) is 5.56 Å². The van der Waals surface area contributed by atoms with E-state index in [4.69, 9.17) is 4.42 Å². The maximum absolute atomic E-state index is 11.9. The van der Waals surface area contributed by atoms with Gasteiger partial charge in [0, 0.05) is 44.2 Å².